The van der Waals surface area contributed by atoms with E-state index < -0.39 is 0 Å². The van der Waals surface area contributed by atoms with Crippen LogP contribution in [0.3, 0.4) is 0 Å². The van der Waals surface area contributed by atoms with Gasteiger partial charge in [0, 0.05) is 149 Å². The number of fused-ring (bicyclic) bond motifs is 29. The van der Waals surface area contributed by atoms with E-state index in [1.165, 1.54) is 196 Å². The normalized spacial score (nSPS) is 12.5. The average molecular weight is 1320 g/mol. The van der Waals surface area contributed by atoms with Gasteiger partial charge in [-0.05, 0) is 125 Å². The van der Waals surface area contributed by atoms with E-state index in [9.17, 15) is 0 Å². The molecule has 103 heavy (non-hydrogen) atoms. The third kappa shape index (κ3) is 9.60. The maximum absolute atomic E-state index is 2.42. The minimum Gasteiger partial charge on any atom is -0.344 e. The van der Waals surface area contributed by atoms with Crippen LogP contribution in [-0.4, -0.2) is 22.8 Å². The van der Waals surface area contributed by atoms with Crippen molar-refractivity contribution in [3.63, 3.8) is 0 Å². The second-order valence-electron chi connectivity index (χ2n) is 28.6. The lowest BCUT2D eigenvalue weighted by Crippen LogP contribution is -2.14. The van der Waals surface area contributed by atoms with E-state index in [0.717, 1.165) is 0 Å². The molecule has 5 heterocycles. The summed E-state index contributed by atoms with van der Waals surface area (Å²) in [7, 11) is 10.8. The molecule has 5 aromatic heterocycles. The van der Waals surface area contributed by atoms with Crippen LogP contribution in [0.1, 0.15) is 25.0 Å². The first kappa shape index (κ1) is 61.4. The first-order chi connectivity index (χ1) is 50.5. The summed E-state index contributed by atoms with van der Waals surface area (Å²) >= 11 is 0. The summed E-state index contributed by atoms with van der Waals surface area (Å²) in [4.78, 5) is 0. The van der Waals surface area contributed by atoms with E-state index in [-0.39, 0.29) is 5.41 Å². The largest absolute Gasteiger partial charge is 0.344 e. The van der Waals surface area contributed by atoms with Gasteiger partial charge in [0.15, 0.2) is 0 Å². The molecule has 0 unspecified atom stereocenters. The lowest BCUT2D eigenvalue weighted by molar-refractivity contribution is 0.661. The minimum absolute atomic E-state index is 0.0665. The summed E-state index contributed by atoms with van der Waals surface area (Å²) in [6.45, 7) is 4.68. The minimum atomic E-state index is 0.0665. The molecular weight excluding hydrogens is 1250 g/mol. The Morgan fingerprint density at radius 1 is 0.184 bits per heavy atom. The van der Waals surface area contributed by atoms with Crippen LogP contribution in [0, 0.1) is 0 Å². The Labute approximate surface area is 597 Å². The van der Waals surface area contributed by atoms with Crippen molar-refractivity contribution in [2.45, 2.75) is 19.3 Å². The molecule has 0 spiro atoms. The molecule has 1 aliphatic carbocycles. The molecule has 22 aromatic rings. The SMILES string of the molecule is Cn1c2c3ccccc3ccc2c2ccc3ccccc3c21.Cn1c2cc3ccccc3cc2c2c3ccccc3ccc21.Cn1c2ccccc2c2c3ccccc3ccc21.Cn1c2ccccc2c2cc3c(cc21)-c1ccccc1C3(C)C.Cn1c2ccccc2c2ccc3ccccc3c21. The highest BCUT2D eigenvalue weighted by molar-refractivity contribution is 6.25. The number of hydrogen-bond acceptors (Lipinski definition) is 0. The van der Waals surface area contributed by atoms with Gasteiger partial charge in [-0.2, -0.15) is 0 Å². The maximum atomic E-state index is 2.42. The van der Waals surface area contributed by atoms with Crippen molar-refractivity contribution in [2.24, 2.45) is 35.2 Å². The standard InChI is InChI=1S/C22H19N.2C21H15N.2C17H13N/c1-22(2)18-10-6-4-8-14(18)16-13-21-17(12-19(16)22)15-9-5-7-11-20(15)23(21)3;1-22-20-16-8-4-2-6-14(16)10-12-18(20)19-13-11-15-7-3-5-9-17(15)21(19)22;1-22-19-11-10-14-6-4-5-9-17(14)21(19)18-12-15-7-2-3-8-16(15)13-20(18)22;1-18-16-9-5-4-8-14(16)15-11-10-12-6-2-3-7-13(12)17(15)18;1-18-15-9-5-4-8-14(15)17-13-7-3-2-6-12(13)10-11-16(17)18/h4-13H,1-3H3;2*2-13H,1H3;2*2-11H,1H3. The van der Waals surface area contributed by atoms with Crippen LogP contribution in [0.2, 0.25) is 0 Å². The van der Waals surface area contributed by atoms with E-state index >= 15 is 0 Å². The van der Waals surface area contributed by atoms with E-state index in [1.807, 2.05) is 0 Å². The van der Waals surface area contributed by atoms with Crippen LogP contribution in [0.5, 0.6) is 0 Å². The second-order valence-corrected chi connectivity index (χ2v) is 28.6. The third-order valence-electron chi connectivity index (χ3n) is 22.7. The van der Waals surface area contributed by atoms with Gasteiger partial charge < -0.3 is 22.8 Å². The Bertz CT molecular complexity index is 7110. The monoisotopic (exact) mass is 1320 g/mol. The van der Waals surface area contributed by atoms with Gasteiger partial charge in [-0.25, -0.2) is 0 Å². The number of rotatable bonds is 0. The molecule has 0 saturated heterocycles. The summed E-state index contributed by atoms with van der Waals surface area (Å²) in [5.41, 5.74) is 18.8. The van der Waals surface area contributed by atoms with Crippen LogP contribution in [0.15, 0.2) is 328 Å². The third-order valence-corrected chi connectivity index (χ3v) is 22.7. The predicted octanol–water partition coefficient (Wildman–Crippen LogP) is 25.9. The molecule has 5 nitrogen and oxygen atoms in total. The number of para-hydroxylation sites is 3. The van der Waals surface area contributed by atoms with E-state index in [0.29, 0.717) is 0 Å². The smallest absolute Gasteiger partial charge is 0.0568 e. The molecule has 0 radical (unpaired) electrons. The first-order valence-corrected chi connectivity index (χ1v) is 35.9. The zero-order valence-electron chi connectivity index (χ0n) is 58.9. The molecule has 5 heteroatoms. The van der Waals surface area contributed by atoms with Gasteiger partial charge in [0.2, 0.25) is 0 Å². The fourth-order valence-electron chi connectivity index (χ4n) is 17.7. The zero-order valence-corrected chi connectivity index (χ0v) is 58.9. The van der Waals surface area contributed by atoms with Gasteiger partial charge in [0.1, 0.15) is 0 Å². The number of nitrogens with zero attached hydrogens (tertiary/aromatic N) is 5. The van der Waals surface area contributed by atoms with Crippen molar-refractivity contribution in [2.75, 3.05) is 0 Å². The topological polar surface area (TPSA) is 24.6 Å². The summed E-state index contributed by atoms with van der Waals surface area (Å²) in [5.74, 6) is 0. The van der Waals surface area contributed by atoms with Crippen molar-refractivity contribution in [1.82, 2.24) is 22.8 Å². The van der Waals surface area contributed by atoms with Crippen molar-refractivity contribution < 1.29 is 0 Å². The van der Waals surface area contributed by atoms with Crippen molar-refractivity contribution >= 4 is 174 Å². The number of aryl methyl sites for hydroxylation is 5. The van der Waals surface area contributed by atoms with Crippen molar-refractivity contribution in [3.8, 4) is 11.1 Å². The average Bonchev–Trinajstić information content (AvgIpc) is 1.57. The molecule has 0 fully saturated rings. The van der Waals surface area contributed by atoms with E-state index in [1.54, 1.807) is 0 Å². The molecule has 0 atom stereocenters. The number of hydrogen-bond donors (Lipinski definition) is 0. The second kappa shape index (κ2) is 24.0. The molecular formula is C98H75N5. The molecule has 0 N–H and O–H groups in total. The lowest BCUT2D eigenvalue weighted by atomic mass is 9.82. The molecule has 0 amide bonds. The van der Waals surface area contributed by atoms with Crippen LogP contribution < -0.4 is 0 Å². The molecule has 0 saturated carbocycles. The van der Waals surface area contributed by atoms with Crippen molar-refractivity contribution in [1.29, 1.82) is 0 Å². The molecule has 492 valence electrons. The predicted molar refractivity (Wildman–Crippen MR) is 445 cm³/mol. The molecule has 0 aliphatic heterocycles. The highest BCUT2D eigenvalue weighted by atomic mass is 15.0. The lowest BCUT2D eigenvalue weighted by Gasteiger charge is -2.21. The fourth-order valence-corrected chi connectivity index (χ4v) is 17.7. The molecule has 23 rings (SSSR count). The van der Waals surface area contributed by atoms with E-state index in [2.05, 4.69) is 400 Å². The Morgan fingerprint density at radius 3 is 1.06 bits per heavy atom. The van der Waals surface area contributed by atoms with Gasteiger partial charge >= 0.3 is 0 Å². The Hall–Kier alpha value is -12.7. The molecule has 1 aliphatic rings. The van der Waals surface area contributed by atoms with Gasteiger partial charge in [0.05, 0.1) is 16.6 Å². The van der Waals surface area contributed by atoms with Gasteiger partial charge in [0.25, 0.3) is 0 Å². The van der Waals surface area contributed by atoms with Gasteiger partial charge in [-0.1, -0.05) is 287 Å². The van der Waals surface area contributed by atoms with Gasteiger partial charge in [-0.3, -0.25) is 0 Å². The van der Waals surface area contributed by atoms with E-state index in [4.69, 9.17) is 0 Å². The Morgan fingerprint density at radius 2 is 0.524 bits per heavy atom. The number of benzene rings is 17. The Kier molecular flexibility index (Phi) is 14.3. The molecule has 0 bridgehead atoms. The van der Waals surface area contributed by atoms with Gasteiger partial charge in [-0.15, -0.1) is 0 Å². The summed E-state index contributed by atoms with van der Waals surface area (Å²) in [6, 6.07) is 118. The van der Waals surface area contributed by atoms with Crippen molar-refractivity contribution in [3.05, 3.63) is 339 Å². The highest BCUT2D eigenvalue weighted by Gasteiger charge is 2.36. The van der Waals surface area contributed by atoms with Crippen LogP contribution in [-0.2, 0) is 40.7 Å². The quantitative estimate of drug-likeness (QED) is 0.145. The number of aromatic nitrogens is 5. The van der Waals surface area contributed by atoms with Crippen LogP contribution >= 0.6 is 0 Å². The zero-order chi connectivity index (χ0) is 69.4. The van der Waals surface area contributed by atoms with Crippen LogP contribution in [0.25, 0.3) is 185 Å². The van der Waals surface area contributed by atoms with Crippen LogP contribution in [0.4, 0.5) is 0 Å². The Balaban J connectivity index is 0.0000000892. The summed E-state index contributed by atoms with van der Waals surface area (Å²) < 4.78 is 11.6. The molecule has 17 aromatic carbocycles. The maximum Gasteiger partial charge on any atom is 0.0568 e. The first-order valence-electron chi connectivity index (χ1n) is 35.9. The summed E-state index contributed by atoms with van der Waals surface area (Å²) in [5, 5.41) is 29.2. The highest BCUT2D eigenvalue weighted by Crippen LogP contribution is 2.51. The fraction of sp³-hybridized carbons (Fsp3) is 0.0816. The summed E-state index contributed by atoms with van der Waals surface area (Å²) in [6.07, 6.45) is 0.